The second-order valence-corrected chi connectivity index (χ2v) is 4.32. The fourth-order valence-electron chi connectivity index (χ4n) is 1.33. The molecule has 0 spiro atoms. The van der Waals surface area contributed by atoms with Crippen molar-refractivity contribution in [2.75, 3.05) is 13.7 Å². The van der Waals surface area contributed by atoms with Gasteiger partial charge in [0.15, 0.2) is 5.79 Å². The van der Waals surface area contributed by atoms with E-state index >= 15 is 0 Å². The Labute approximate surface area is 101 Å². The van der Waals surface area contributed by atoms with Crippen LogP contribution in [0.4, 0.5) is 0 Å². The molecule has 4 heteroatoms. The van der Waals surface area contributed by atoms with Gasteiger partial charge in [-0.3, -0.25) is 0 Å². The minimum absolute atomic E-state index is 0.142. The molecule has 0 aliphatic heterocycles. The molecule has 0 aliphatic rings. The number of hydrogen-bond donors (Lipinski definition) is 1. The van der Waals surface area contributed by atoms with Crippen LogP contribution in [0.2, 0.25) is 5.02 Å². The second kappa shape index (κ2) is 5.64. The number of methoxy groups -OCH3 is 1. The standard InChI is InChI=1S/C12H17ClO3/c1-12(2,15-3)16-11(8-14)9-6-4-5-7-10(9)13/h4-7,11,14H,8H2,1-3H3/t11-/m1/s1. The first-order valence-corrected chi connectivity index (χ1v) is 5.46. The van der Waals surface area contributed by atoms with Gasteiger partial charge >= 0.3 is 0 Å². The normalized spacial score (nSPS) is 13.8. The van der Waals surface area contributed by atoms with E-state index in [1.807, 2.05) is 18.2 Å². The van der Waals surface area contributed by atoms with Gasteiger partial charge in [-0.1, -0.05) is 29.8 Å². The molecule has 90 valence electrons. The van der Waals surface area contributed by atoms with Gasteiger partial charge in [0.25, 0.3) is 0 Å². The minimum Gasteiger partial charge on any atom is -0.393 e. The summed E-state index contributed by atoms with van der Waals surface area (Å²) in [6, 6.07) is 7.28. The van der Waals surface area contributed by atoms with E-state index in [9.17, 15) is 5.11 Å². The molecular formula is C12H17ClO3. The van der Waals surface area contributed by atoms with Gasteiger partial charge in [-0.2, -0.15) is 0 Å². The molecule has 0 heterocycles. The maximum Gasteiger partial charge on any atom is 0.163 e. The van der Waals surface area contributed by atoms with Gasteiger partial charge in [-0.05, 0) is 19.9 Å². The SMILES string of the molecule is COC(C)(C)O[C@H](CO)c1ccccc1Cl. The number of aliphatic hydroxyl groups is 1. The fourth-order valence-corrected chi connectivity index (χ4v) is 1.58. The van der Waals surface area contributed by atoms with Crippen LogP contribution in [0.3, 0.4) is 0 Å². The van der Waals surface area contributed by atoms with Crippen molar-refractivity contribution >= 4 is 11.6 Å². The van der Waals surface area contributed by atoms with Crippen molar-refractivity contribution in [1.82, 2.24) is 0 Å². The molecule has 0 amide bonds. The van der Waals surface area contributed by atoms with E-state index in [1.165, 1.54) is 0 Å². The summed E-state index contributed by atoms with van der Waals surface area (Å²) >= 11 is 6.04. The lowest BCUT2D eigenvalue weighted by molar-refractivity contribution is -0.231. The predicted molar refractivity (Wildman–Crippen MR) is 63.5 cm³/mol. The number of benzene rings is 1. The lowest BCUT2D eigenvalue weighted by Crippen LogP contribution is -2.30. The summed E-state index contributed by atoms with van der Waals surface area (Å²) in [5, 5.41) is 9.90. The van der Waals surface area contributed by atoms with E-state index in [1.54, 1.807) is 27.0 Å². The minimum atomic E-state index is -0.757. The van der Waals surface area contributed by atoms with Crippen LogP contribution in [0.15, 0.2) is 24.3 Å². The van der Waals surface area contributed by atoms with Crippen LogP contribution in [-0.4, -0.2) is 24.6 Å². The van der Waals surface area contributed by atoms with E-state index < -0.39 is 11.9 Å². The van der Waals surface area contributed by atoms with Crippen molar-refractivity contribution in [3.63, 3.8) is 0 Å². The maximum absolute atomic E-state index is 9.32. The van der Waals surface area contributed by atoms with E-state index in [0.717, 1.165) is 5.56 Å². The van der Waals surface area contributed by atoms with Crippen molar-refractivity contribution in [2.24, 2.45) is 0 Å². The number of halogens is 1. The molecule has 0 radical (unpaired) electrons. The molecule has 0 unspecified atom stereocenters. The first-order valence-electron chi connectivity index (χ1n) is 5.08. The third-order valence-electron chi connectivity index (χ3n) is 2.34. The first kappa shape index (κ1) is 13.5. The monoisotopic (exact) mass is 244 g/mol. The molecule has 0 aromatic heterocycles. The van der Waals surface area contributed by atoms with Crippen LogP contribution in [0.1, 0.15) is 25.5 Å². The van der Waals surface area contributed by atoms with Crippen LogP contribution >= 0.6 is 11.6 Å². The van der Waals surface area contributed by atoms with E-state index in [4.69, 9.17) is 21.1 Å². The zero-order valence-electron chi connectivity index (χ0n) is 9.74. The predicted octanol–water partition coefficient (Wildman–Crippen LogP) is 2.77. The van der Waals surface area contributed by atoms with Crippen LogP contribution in [0, 0.1) is 0 Å². The van der Waals surface area contributed by atoms with Crippen molar-refractivity contribution in [3.8, 4) is 0 Å². The third-order valence-corrected chi connectivity index (χ3v) is 2.68. The smallest absolute Gasteiger partial charge is 0.163 e. The van der Waals surface area contributed by atoms with Gasteiger partial charge in [0.05, 0.1) is 6.61 Å². The molecule has 1 aromatic carbocycles. The molecular weight excluding hydrogens is 228 g/mol. The molecule has 3 nitrogen and oxygen atoms in total. The lowest BCUT2D eigenvalue weighted by atomic mass is 10.1. The number of ether oxygens (including phenoxy) is 2. The summed E-state index contributed by atoms with van der Waals surface area (Å²) in [7, 11) is 1.56. The Kier molecular flexibility index (Phi) is 4.74. The zero-order valence-corrected chi connectivity index (χ0v) is 10.5. The summed E-state index contributed by atoms with van der Waals surface area (Å²) in [5.41, 5.74) is 0.761. The Morgan fingerprint density at radius 3 is 2.50 bits per heavy atom. The van der Waals surface area contributed by atoms with Crippen molar-refractivity contribution in [1.29, 1.82) is 0 Å². The number of hydrogen-bond acceptors (Lipinski definition) is 3. The van der Waals surface area contributed by atoms with Gasteiger partial charge in [0.2, 0.25) is 0 Å². The first-order chi connectivity index (χ1) is 7.50. The molecule has 16 heavy (non-hydrogen) atoms. The Bertz CT molecular complexity index is 339. The lowest BCUT2D eigenvalue weighted by Gasteiger charge is -2.29. The summed E-state index contributed by atoms with van der Waals surface area (Å²) in [5.74, 6) is -0.757. The Balaban J connectivity index is 2.87. The molecule has 1 aromatic rings. The number of aliphatic hydroxyl groups excluding tert-OH is 1. The highest BCUT2D eigenvalue weighted by Gasteiger charge is 2.24. The van der Waals surface area contributed by atoms with E-state index in [2.05, 4.69) is 0 Å². The molecule has 1 N–H and O–H groups in total. The molecule has 0 bridgehead atoms. The van der Waals surface area contributed by atoms with Gasteiger partial charge in [-0.15, -0.1) is 0 Å². The number of rotatable bonds is 5. The highest BCUT2D eigenvalue weighted by Crippen LogP contribution is 2.29. The maximum atomic E-state index is 9.32. The average molecular weight is 245 g/mol. The zero-order chi connectivity index (χ0) is 12.2. The van der Waals surface area contributed by atoms with Crippen molar-refractivity contribution < 1.29 is 14.6 Å². The highest BCUT2D eigenvalue weighted by molar-refractivity contribution is 6.31. The van der Waals surface area contributed by atoms with Gasteiger partial charge < -0.3 is 14.6 Å². The average Bonchev–Trinajstić information content (AvgIpc) is 2.27. The Morgan fingerprint density at radius 1 is 1.38 bits per heavy atom. The quantitative estimate of drug-likeness (QED) is 0.810. The van der Waals surface area contributed by atoms with Gasteiger partial charge in [0, 0.05) is 17.7 Å². The third kappa shape index (κ3) is 3.46. The summed E-state index contributed by atoms with van der Waals surface area (Å²) in [6.07, 6.45) is -0.483. The van der Waals surface area contributed by atoms with Gasteiger partial charge in [-0.25, -0.2) is 0 Å². The molecule has 1 atom stereocenters. The van der Waals surface area contributed by atoms with Crippen molar-refractivity contribution in [2.45, 2.75) is 25.7 Å². The van der Waals surface area contributed by atoms with E-state index in [-0.39, 0.29) is 6.61 Å². The molecule has 0 saturated carbocycles. The fraction of sp³-hybridized carbons (Fsp3) is 0.500. The topological polar surface area (TPSA) is 38.7 Å². The summed E-state index contributed by atoms with van der Waals surface area (Å²) in [4.78, 5) is 0. The Hall–Kier alpha value is -0.610. The largest absolute Gasteiger partial charge is 0.393 e. The summed E-state index contributed by atoms with van der Waals surface area (Å²) < 4.78 is 10.8. The van der Waals surface area contributed by atoms with Crippen LogP contribution in [0.5, 0.6) is 0 Å². The molecule has 0 fully saturated rings. The molecule has 0 saturated heterocycles. The van der Waals surface area contributed by atoms with Crippen LogP contribution in [-0.2, 0) is 9.47 Å². The Morgan fingerprint density at radius 2 is 2.00 bits per heavy atom. The van der Waals surface area contributed by atoms with Crippen LogP contribution < -0.4 is 0 Å². The molecule has 1 rings (SSSR count). The summed E-state index contributed by atoms with van der Waals surface area (Å²) in [6.45, 7) is 3.43. The second-order valence-electron chi connectivity index (χ2n) is 3.91. The van der Waals surface area contributed by atoms with Crippen molar-refractivity contribution in [3.05, 3.63) is 34.9 Å². The van der Waals surface area contributed by atoms with Crippen LogP contribution in [0.25, 0.3) is 0 Å². The van der Waals surface area contributed by atoms with E-state index in [0.29, 0.717) is 5.02 Å². The molecule has 0 aliphatic carbocycles. The van der Waals surface area contributed by atoms with Gasteiger partial charge in [0.1, 0.15) is 6.10 Å². The highest BCUT2D eigenvalue weighted by atomic mass is 35.5.